The van der Waals surface area contributed by atoms with E-state index in [4.69, 9.17) is 10.5 Å². The van der Waals surface area contributed by atoms with Crippen LogP contribution in [0.15, 0.2) is 11.3 Å². The Hall–Kier alpha value is -1.06. The largest absolute Gasteiger partial charge is 1.00 e. The number of nitrogens with two attached hydrogens (primary N) is 1. The number of carbonyl (C=O) groups excluding carboxylic acids is 4. The Labute approximate surface area is 310 Å². The van der Waals surface area contributed by atoms with E-state index in [1.165, 1.54) is 14.0 Å². The van der Waals surface area contributed by atoms with E-state index in [9.17, 15) is 37.5 Å². The molecule has 255 valence electrons. The molecular weight excluding hydrogens is 784 g/mol. The third-order valence-electron chi connectivity index (χ3n) is 7.59. The molecule has 5 rings (SSSR count). The number of hydrogen-bond donors (Lipinski definition) is 1. The Bertz CT molecular complexity index is 1260. The number of fused-ring (bicyclic) bond motifs is 4. The van der Waals surface area contributed by atoms with Crippen molar-refractivity contribution in [3.05, 3.63) is 33.2 Å². The first-order valence-electron chi connectivity index (χ1n) is 13.7. The van der Waals surface area contributed by atoms with Gasteiger partial charge in [0.1, 0.15) is 17.8 Å². The van der Waals surface area contributed by atoms with Crippen molar-refractivity contribution in [1.82, 2.24) is 9.78 Å². The molecule has 18 heteroatoms. The third kappa shape index (κ3) is 10.5. The summed E-state index contributed by atoms with van der Waals surface area (Å²) in [5.41, 5.74) is 3.66. The van der Waals surface area contributed by atoms with E-state index in [1.807, 2.05) is 22.6 Å². The van der Waals surface area contributed by atoms with Crippen molar-refractivity contribution in [2.75, 3.05) is 26.9 Å². The SMILES string of the molecule is CCOC(=O)CCN.CCOC(=O)Cn1nc(C(F)(F)F)c2c1C(=O)[C@@H]1C[C@H]21.COC1(C)C(=O)/C(=C(/C)[O-])[C@H]2C[C@H]21.Cl.[CH2-]I.[Li+].[V]. The zero-order chi connectivity index (χ0) is 32.9. The number of halogens is 5. The summed E-state index contributed by atoms with van der Waals surface area (Å²) >= 11 is 1.90. The number of alkyl halides is 3. The summed E-state index contributed by atoms with van der Waals surface area (Å²) in [6.45, 7) is 7.07. The maximum absolute atomic E-state index is 13.0. The Morgan fingerprint density at radius 1 is 1.11 bits per heavy atom. The van der Waals surface area contributed by atoms with Crippen molar-refractivity contribution in [3.8, 4) is 0 Å². The van der Waals surface area contributed by atoms with Crippen LogP contribution in [0.3, 0.4) is 0 Å². The first-order valence-corrected chi connectivity index (χ1v) is 15.2. The molecule has 0 aliphatic heterocycles. The van der Waals surface area contributed by atoms with E-state index in [-0.39, 0.29) is 115 Å². The number of ketones is 2. The molecule has 2 N–H and O–H groups in total. The van der Waals surface area contributed by atoms with Crippen molar-refractivity contribution in [2.24, 2.45) is 23.5 Å². The smallest absolute Gasteiger partial charge is 0.875 e. The van der Waals surface area contributed by atoms with E-state index in [0.29, 0.717) is 31.6 Å². The number of carbonyl (C=O) groups is 4. The summed E-state index contributed by atoms with van der Waals surface area (Å²) in [4.78, 5) is 48.7. The first kappa shape index (κ1) is 47.1. The summed E-state index contributed by atoms with van der Waals surface area (Å²) in [6.07, 6.45) is -2.92. The number of Topliss-reactive ketones (excluding diaryl/α,β-unsaturated/α-hetero) is 2. The van der Waals surface area contributed by atoms with Gasteiger partial charge in [-0.15, -0.1) is 18.2 Å². The minimum absolute atomic E-state index is 0. The van der Waals surface area contributed by atoms with Gasteiger partial charge in [-0.2, -0.15) is 18.3 Å². The summed E-state index contributed by atoms with van der Waals surface area (Å²) in [6, 6.07) is 0. The van der Waals surface area contributed by atoms with Crippen LogP contribution in [0.1, 0.15) is 74.6 Å². The van der Waals surface area contributed by atoms with Gasteiger partial charge in [0.2, 0.25) is 0 Å². The summed E-state index contributed by atoms with van der Waals surface area (Å²) in [5.74, 6) is -1.75. The van der Waals surface area contributed by atoms with Gasteiger partial charge in [-0.25, -0.2) is 4.68 Å². The minimum Gasteiger partial charge on any atom is -0.875 e. The van der Waals surface area contributed by atoms with Gasteiger partial charge >= 0.3 is 37.0 Å². The van der Waals surface area contributed by atoms with Gasteiger partial charge in [-0.05, 0) is 51.0 Å². The quantitative estimate of drug-likeness (QED) is 0.103. The predicted octanol–water partition coefficient (Wildman–Crippen LogP) is 0.544. The van der Waals surface area contributed by atoms with E-state index in [1.54, 1.807) is 20.8 Å². The van der Waals surface area contributed by atoms with Gasteiger partial charge in [0, 0.05) is 49.6 Å². The molecule has 0 bridgehead atoms. The number of rotatable bonds is 7. The van der Waals surface area contributed by atoms with E-state index in [2.05, 4.69) is 19.5 Å². The molecule has 3 fully saturated rings. The number of hydrogen-bond acceptors (Lipinski definition) is 10. The number of aromatic nitrogens is 2. The molecule has 5 atom stereocenters. The fraction of sp³-hybridized carbons (Fsp3) is 0.643. The minimum atomic E-state index is -4.62. The Kier molecular flexibility index (Phi) is 20.3. The third-order valence-corrected chi connectivity index (χ3v) is 7.59. The Morgan fingerprint density at radius 3 is 2.07 bits per heavy atom. The van der Waals surface area contributed by atoms with Crippen LogP contribution in [0, 0.1) is 22.7 Å². The summed E-state index contributed by atoms with van der Waals surface area (Å²) < 4.78 is 54.2. The number of ether oxygens (including phenoxy) is 3. The van der Waals surface area contributed by atoms with Gasteiger partial charge in [0.25, 0.3) is 0 Å². The van der Waals surface area contributed by atoms with Gasteiger partial charge in [-0.3, -0.25) is 24.1 Å². The molecule has 1 aromatic rings. The second-order valence-electron chi connectivity index (χ2n) is 10.3. The Balaban J connectivity index is 0. The first-order chi connectivity index (χ1) is 20.2. The molecule has 0 saturated heterocycles. The fourth-order valence-electron chi connectivity index (χ4n) is 5.46. The standard InChI is InChI=1S/C12H11F3N2O3.C10H14O3.C5H11NO2.CH2I.ClH.Li.V/c1-2-20-7(18)4-17-9-8(5-3-6(5)10(9)19)11(16-17)12(13,14)15;1-5(11)8-6-4-7(6)10(2,13-3)9(8)12;1-2-8-5(7)3-4-6;1-2;;;/h5-6H,2-4H2,1H3;6-7,11H,4H2,1-3H3;2-4,6H2,1H3;1H2;1H;;/q;;;-1;;+1;/p-1/b;8-5-;;;;;/t5-,6+;6-,7+,10?;;;;;/m00...../s1. The van der Waals surface area contributed by atoms with E-state index in [0.717, 1.165) is 11.1 Å². The maximum atomic E-state index is 13.0. The van der Waals surface area contributed by atoms with Gasteiger partial charge < -0.3 is 47.6 Å². The molecule has 0 spiro atoms. The molecule has 0 aromatic carbocycles. The van der Waals surface area contributed by atoms with Crippen LogP contribution >= 0.6 is 35.0 Å². The molecule has 4 aliphatic carbocycles. The van der Waals surface area contributed by atoms with Crippen molar-refractivity contribution in [1.29, 1.82) is 0 Å². The van der Waals surface area contributed by atoms with Crippen LogP contribution in [-0.4, -0.2) is 65.8 Å². The average Bonchev–Trinajstić information content (AvgIpc) is 3.83. The molecule has 1 unspecified atom stereocenters. The number of methoxy groups -OCH3 is 1. The maximum Gasteiger partial charge on any atom is 1.00 e. The molecule has 1 heterocycles. The van der Waals surface area contributed by atoms with Crippen LogP contribution in [0.5, 0.6) is 0 Å². The van der Waals surface area contributed by atoms with Crippen molar-refractivity contribution >= 4 is 58.5 Å². The second kappa shape index (κ2) is 19.8. The number of allylic oxidation sites excluding steroid dienone is 1. The van der Waals surface area contributed by atoms with Crippen LogP contribution in [0.4, 0.5) is 13.2 Å². The van der Waals surface area contributed by atoms with E-state index >= 15 is 0 Å². The van der Waals surface area contributed by atoms with Gasteiger partial charge in [0.15, 0.2) is 17.3 Å². The molecular formula is C28H38ClF3ILiN3O8V-. The van der Waals surface area contributed by atoms with Crippen molar-refractivity contribution in [3.63, 3.8) is 0 Å². The van der Waals surface area contributed by atoms with Gasteiger partial charge in [0.05, 0.1) is 19.6 Å². The number of esters is 2. The van der Waals surface area contributed by atoms with Crippen LogP contribution < -0.4 is 29.7 Å². The van der Waals surface area contributed by atoms with Crippen LogP contribution in [0.25, 0.3) is 0 Å². The molecule has 0 amide bonds. The zero-order valence-electron chi connectivity index (χ0n) is 26.6. The van der Waals surface area contributed by atoms with Gasteiger partial charge in [-0.1, -0.05) is 6.92 Å². The normalized spacial score (nSPS) is 24.9. The monoisotopic (exact) mass is 821 g/mol. The average molecular weight is 822 g/mol. The zero-order valence-corrected chi connectivity index (χ0v) is 30.9. The number of nitrogens with zero attached hydrogens (tertiary/aromatic N) is 2. The van der Waals surface area contributed by atoms with E-state index < -0.39 is 30.0 Å². The van der Waals surface area contributed by atoms with Crippen molar-refractivity contribution < 1.29 is 89.1 Å². The predicted molar refractivity (Wildman–Crippen MR) is 161 cm³/mol. The van der Waals surface area contributed by atoms with Crippen LogP contribution in [-0.2, 0) is 59.9 Å². The molecule has 11 nitrogen and oxygen atoms in total. The summed E-state index contributed by atoms with van der Waals surface area (Å²) in [5, 5.41) is 14.6. The second-order valence-corrected chi connectivity index (χ2v) is 10.3. The molecule has 1 aromatic heterocycles. The molecule has 1 radical (unpaired) electrons. The molecule has 4 aliphatic rings. The summed E-state index contributed by atoms with van der Waals surface area (Å²) in [7, 11) is 1.54. The molecule has 3 saturated carbocycles. The fourth-order valence-corrected chi connectivity index (χ4v) is 5.46. The molecule has 46 heavy (non-hydrogen) atoms. The topological polar surface area (TPSA) is 163 Å². The van der Waals surface area contributed by atoms with Crippen molar-refractivity contribution in [2.45, 2.75) is 71.2 Å². The Morgan fingerprint density at radius 2 is 1.65 bits per heavy atom. The van der Waals surface area contributed by atoms with Crippen LogP contribution in [0.2, 0.25) is 0 Å².